The molecule has 0 aliphatic heterocycles. The highest BCUT2D eigenvalue weighted by Crippen LogP contribution is 2.30. The fourth-order valence-electron chi connectivity index (χ4n) is 3.52. The lowest BCUT2D eigenvalue weighted by Gasteiger charge is -2.47. The van der Waals surface area contributed by atoms with Gasteiger partial charge < -0.3 is 44.4 Å². The highest BCUT2D eigenvalue weighted by molar-refractivity contribution is 6.43. The van der Waals surface area contributed by atoms with E-state index in [4.69, 9.17) is 14.0 Å². The minimum Gasteiger partial charge on any atom is -0.427 e. The first-order chi connectivity index (χ1) is 14.3. The molecule has 0 aromatic heterocycles. The van der Waals surface area contributed by atoms with Crippen LogP contribution in [0.3, 0.4) is 0 Å². The summed E-state index contributed by atoms with van der Waals surface area (Å²) >= 11 is 0. The van der Waals surface area contributed by atoms with E-state index in [2.05, 4.69) is 0 Å². The van der Waals surface area contributed by atoms with E-state index < -0.39 is 58.0 Å². The molecule has 174 valence electrons. The molecule has 1 fully saturated rings. The van der Waals surface area contributed by atoms with Gasteiger partial charge in [-0.3, -0.25) is 0 Å². The first kappa shape index (κ1) is 27.9. The van der Waals surface area contributed by atoms with Crippen LogP contribution in [0.4, 0.5) is 0 Å². The summed E-state index contributed by atoms with van der Waals surface area (Å²) in [5.41, 5.74) is 0. The van der Waals surface area contributed by atoms with Crippen LogP contribution >= 0.6 is 0 Å². The molecule has 30 heavy (non-hydrogen) atoms. The fourth-order valence-corrected chi connectivity index (χ4v) is 3.52. The third-order valence-electron chi connectivity index (χ3n) is 5.38. The van der Waals surface area contributed by atoms with E-state index in [0.29, 0.717) is 38.2 Å². The van der Waals surface area contributed by atoms with E-state index in [-0.39, 0.29) is 0 Å². The predicted octanol–water partition coefficient (Wildman–Crippen LogP) is 0.0801. The van der Waals surface area contributed by atoms with E-state index >= 15 is 0 Å². The predicted molar refractivity (Wildman–Crippen MR) is 116 cm³/mol. The van der Waals surface area contributed by atoms with E-state index in [0.717, 1.165) is 19.3 Å². The van der Waals surface area contributed by atoms with Gasteiger partial charge in [-0.2, -0.15) is 0 Å². The maximum absolute atomic E-state index is 10.5. The van der Waals surface area contributed by atoms with Gasteiger partial charge in [-0.15, -0.1) is 0 Å². The fraction of sp³-hybridized carbons (Fsp3) is 1.00. The van der Waals surface area contributed by atoms with Crippen molar-refractivity contribution in [3.05, 3.63) is 0 Å². The first-order valence-electron chi connectivity index (χ1n) is 11.3. The van der Waals surface area contributed by atoms with Crippen LogP contribution in [-0.4, -0.2) is 88.4 Å². The topological polar surface area (TPSA) is 149 Å². The van der Waals surface area contributed by atoms with Gasteiger partial charge in [0.15, 0.2) is 0 Å². The van der Waals surface area contributed by atoms with Gasteiger partial charge in [0.1, 0.15) is 18.3 Å². The van der Waals surface area contributed by atoms with Crippen molar-refractivity contribution >= 4 is 21.4 Å². The molecule has 4 atom stereocenters. The SMILES string of the molecule is CCCCB(O)OC1[C@@H](OB(O)CCCC)[C@H](O)C(O)[C@@H](O)[C@@H]1OB(O)CCCC. The molecule has 1 aliphatic carbocycles. The van der Waals surface area contributed by atoms with Gasteiger partial charge in [0.2, 0.25) is 0 Å². The van der Waals surface area contributed by atoms with E-state index in [9.17, 15) is 30.4 Å². The number of unbranched alkanes of at least 4 members (excludes halogenated alkanes) is 3. The zero-order chi connectivity index (χ0) is 22.7. The summed E-state index contributed by atoms with van der Waals surface area (Å²) in [6, 6.07) is 0. The summed E-state index contributed by atoms with van der Waals surface area (Å²) in [4.78, 5) is 0. The largest absolute Gasteiger partial charge is 0.454 e. The molecular weight excluding hydrogens is 393 g/mol. The zero-order valence-electron chi connectivity index (χ0n) is 18.5. The summed E-state index contributed by atoms with van der Waals surface area (Å²) in [5, 5.41) is 62.0. The Labute approximate surface area is 181 Å². The van der Waals surface area contributed by atoms with Crippen LogP contribution in [0.5, 0.6) is 0 Å². The molecule has 1 aliphatic rings. The smallest absolute Gasteiger partial charge is 0.427 e. The Morgan fingerprint density at radius 3 is 1.13 bits per heavy atom. The molecule has 0 saturated heterocycles. The second-order valence-electron chi connectivity index (χ2n) is 8.06. The summed E-state index contributed by atoms with van der Waals surface area (Å²) in [5.74, 6) is 0. The van der Waals surface area contributed by atoms with E-state index in [1.807, 2.05) is 20.8 Å². The van der Waals surface area contributed by atoms with Crippen LogP contribution in [-0.2, 0) is 14.0 Å². The van der Waals surface area contributed by atoms with Crippen LogP contribution in [0.2, 0.25) is 19.0 Å². The number of aliphatic hydroxyl groups excluding tert-OH is 3. The van der Waals surface area contributed by atoms with Crippen molar-refractivity contribution in [1.82, 2.24) is 0 Å². The summed E-state index contributed by atoms with van der Waals surface area (Å²) < 4.78 is 16.8. The van der Waals surface area contributed by atoms with Gasteiger partial charge in [-0.25, -0.2) is 0 Å². The Kier molecular flexibility index (Phi) is 13.8. The van der Waals surface area contributed by atoms with Crippen LogP contribution < -0.4 is 0 Å². The maximum Gasteiger partial charge on any atom is 0.454 e. The normalized spacial score (nSPS) is 29.1. The number of aliphatic hydroxyl groups is 3. The third kappa shape index (κ3) is 8.76. The first-order valence-corrected chi connectivity index (χ1v) is 11.3. The minimum atomic E-state index is -1.63. The summed E-state index contributed by atoms with van der Waals surface area (Å²) in [7, 11) is -3.67. The van der Waals surface area contributed by atoms with Gasteiger partial charge in [-0.1, -0.05) is 59.3 Å². The number of hydrogen-bond donors (Lipinski definition) is 6. The van der Waals surface area contributed by atoms with Crippen LogP contribution in [0.1, 0.15) is 59.3 Å². The summed E-state index contributed by atoms with van der Waals surface area (Å²) in [6.45, 7) is 5.88. The molecule has 12 heteroatoms. The molecule has 6 N–H and O–H groups in total. The van der Waals surface area contributed by atoms with Crippen LogP contribution in [0.15, 0.2) is 0 Å². The molecule has 0 aromatic carbocycles. The van der Waals surface area contributed by atoms with Crippen LogP contribution in [0, 0.1) is 0 Å². The zero-order valence-corrected chi connectivity index (χ0v) is 18.5. The van der Waals surface area contributed by atoms with Crippen molar-refractivity contribution in [1.29, 1.82) is 0 Å². The highest BCUT2D eigenvalue weighted by atomic mass is 16.6. The Hall–Kier alpha value is -0.165. The quantitative estimate of drug-likeness (QED) is 0.198. The average Bonchev–Trinajstić information content (AvgIpc) is 2.73. The van der Waals surface area contributed by atoms with E-state index in [1.54, 1.807) is 0 Å². The molecule has 1 saturated carbocycles. The van der Waals surface area contributed by atoms with E-state index in [1.165, 1.54) is 0 Å². The Balaban J connectivity index is 3.05. The lowest BCUT2D eigenvalue weighted by Crippen LogP contribution is -2.67. The van der Waals surface area contributed by atoms with Crippen molar-refractivity contribution in [2.24, 2.45) is 0 Å². The number of hydrogen-bond acceptors (Lipinski definition) is 9. The van der Waals surface area contributed by atoms with Gasteiger partial charge >= 0.3 is 21.4 Å². The van der Waals surface area contributed by atoms with Crippen molar-refractivity contribution < 1.29 is 44.4 Å². The van der Waals surface area contributed by atoms with Gasteiger partial charge in [-0.05, 0) is 19.0 Å². The maximum atomic E-state index is 10.5. The molecule has 0 amide bonds. The number of rotatable bonds is 15. The molecule has 0 unspecified atom stereocenters. The highest BCUT2D eigenvalue weighted by Gasteiger charge is 2.53. The average molecular weight is 432 g/mol. The Morgan fingerprint density at radius 1 is 0.533 bits per heavy atom. The van der Waals surface area contributed by atoms with Gasteiger partial charge in [0.05, 0.1) is 18.3 Å². The molecule has 0 heterocycles. The van der Waals surface area contributed by atoms with Crippen molar-refractivity contribution in [3.8, 4) is 0 Å². The summed E-state index contributed by atoms with van der Waals surface area (Å²) in [6.07, 6.45) is -3.02. The lowest BCUT2D eigenvalue weighted by atomic mass is 9.75. The third-order valence-corrected chi connectivity index (χ3v) is 5.38. The molecule has 9 nitrogen and oxygen atoms in total. The second-order valence-corrected chi connectivity index (χ2v) is 8.06. The molecule has 0 aromatic rings. The molecular formula is C18H39B3O9. The monoisotopic (exact) mass is 432 g/mol. The van der Waals surface area contributed by atoms with Crippen molar-refractivity contribution in [2.45, 2.75) is 115 Å². The van der Waals surface area contributed by atoms with Gasteiger partial charge in [0.25, 0.3) is 0 Å². The molecule has 0 spiro atoms. The van der Waals surface area contributed by atoms with Gasteiger partial charge in [0, 0.05) is 0 Å². The lowest BCUT2D eigenvalue weighted by molar-refractivity contribution is -0.213. The van der Waals surface area contributed by atoms with Crippen molar-refractivity contribution in [3.63, 3.8) is 0 Å². The standard InChI is InChI=1S/C18H39B3O9/c1-4-7-10-19(25)28-16-14(23)13(22)15(24)17(29-20(26)11-8-5-2)18(16)30-21(27)12-9-6-3/h13-18,22-27H,4-12H2,1-3H3/t13?,14-,15-,16+,17+,18?/m1/s1. The molecule has 1 rings (SSSR count). The minimum absolute atomic E-state index is 0.314. The Bertz CT molecular complexity index is 421. The molecule has 0 radical (unpaired) electrons. The van der Waals surface area contributed by atoms with Crippen LogP contribution in [0.25, 0.3) is 0 Å². The molecule has 0 bridgehead atoms. The second kappa shape index (κ2) is 14.8. The van der Waals surface area contributed by atoms with Crippen molar-refractivity contribution in [2.75, 3.05) is 0 Å². The Morgan fingerprint density at radius 2 is 0.833 bits per heavy atom.